The van der Waals surface area contributed by atoms with Gasteiger partial charge in [0.25, 0.3) is 5.89 Å². The summed E-state index contributed by atoms with van der Waals surface area (Å²) in [6.07, 6.45) is 4.81. The van der Waals surface area contributed by atoms with Gasteiger partial charge in [0.05, 0.1) is 12.3 Å². The first-order chi connectivity index (χ1) is 10.6. The molecule has 1 aliphatic heterocycles. The van der Waals surface area contributed by atoms with Gasteiger partial charge in [0.1, 0.15) is 0 Å². The number of nitrogens with zero attached hydrogens (tertiary/aromatic N) is 3. The zero-order chi connectivity index (χ0) is 15.6. The van der Waals surface area contributed by atoms with Crippen LogP contribution in [0.5, 0.6) is 0 Å². The summed E-state index contributed by atoms with van der Waals surface area (Å²) in [5.41, 5.74) is 0.834. The zero-order valence-corrected chi connectivity index (χ0v) is 13.3. The van der Waals surface area contributed by atoms with E-state index >= 15 is 0 Å². The van der Waals surface area contributed by atoms with E-state index in [9.17, 15) is 8.42 Å². The monoisotopic (exact) mass is 321 g/mol. The Morgan fingerprint density at radius 3 is 2.68 bits per heavy atom. The van der Waals surface area contributed by atoms with Crippen LogP contribution in [0.4, 0.5) is 0 Å². The average molecular weight is 321 g/mol. The van der Waals surface area contributed by atoms with E-state index in [2.05, 4.69) is 10.1 Å². The fourth-order valence-corrected chi connectivity index (χ4v) is 3.93. The molecule has 0 radical (unpaired) electrons. The van der Waals surface area contributed by atoms with Crippen LogP contribution in [-0.2, 0) is 10.0 Å². The van der Waals surface area contributed by atoms with Crippen LogP contribution in [0.1, 0.15) is 37.5 Å². The van der Waals surface area contributed by atoms with E-state index in [1.54, 1.807) is 0 Å². The summed E-state index contributed by atoms with van der Waals surface area (Å²) in [5.74, 6) is 0.875. The summed E-state index contributed by atoms with van der Waals surface area (Å²) in [6.45, 7) is 0.513. The number of hydrogen-bond acceptors (Lipinski definition) is 5. The molecule has 6 nitrogen and oxygen atoms in total. The average Bonchev–Trinajstić information content (AvgIpc) is 2.84. The molecule has 2 heterocycles. The fraction of sp³-hybridized carbons (Fsp3) is 0.467. The van der Waals surface area contributed by atoms with Gasteiger partial charge < -0.3 is 4.52 Å². The van der Waals surface area contributed by atoms with Gasteiger partial charge >= 0.3 is 0 Å². The van der Waals surface area contributed by atoms with E-state index in [4.69, 9.17) is 4.52 Å². The quantitative estimate of drug-likeness (QED) is 0.868. The van der Waals surface area contributed by atoms with E-state index < -0.39 is 10.0 Å². The Balaban J connectivity index is 1.93. The number of aromatic nitrogens is 2. The van der Waals surface area contributed by atoms with Crippen molar-refractivity contribution in [3.05, 3.63) is 36.2 Å². The van der Waals surface area contributed by atoms with Crippen LogP contribution in [0.2, 0.25) is 0 Å². The highest BCUT2D eigenvalue weighted by molar-refractivity contribution is 7.88. The van der Waals surface area contributed by atoms with Crippen LogP contribution in [0, 0.1) is 0 Å². The first-order valence-electron chi connectivity index (χ1n) is 7.41. The van der Waals surface area contributed by atoms with Crippen molar-refractivity contribution in [3.63, 3.8) is 0 Å². The molecule has 1 fully saturated rings. The number of hydrogen-bond donors (Lipinski definition) is 0. The lowest BCUT2D eigenvalue weighted by molar-refractivity contribution is 0.307. The SMILES string of the molecule is CS(=O)(=O)N1CCCCCC1c1noc(-c2ccccc2)n1. The minimum Gasteiger partial charge on any atom is -0.334 e. The maximum Gasteiger partial charge on any atom is 0.257 e. The van der Waals surface area contributed by atoms with Crippen molar-refractivity contribution in [2.24, 2.45) is 0 Å². The molecule has 118 valence electrons. The van der Waals surface area contributed by atoms with Crippen molar-refractivity contribution < 1.29 is 12.9 Å². The molecule has 0 amide bonds. The lowest BCUT2D eigenvalue weighted by Gasteiger charge is -2.24. The third-order valence-electron chi connectivity index (χ3n) is 3.89. The smallest absolute Gasteiger partial charge is 0.257 e. The van der Waals surface area contributed by atoms with Gasteiger partial charge in [-0.05, 0) is 25.0 Å². The van der Waals surface area contributed by atoms with Gasteiger partial charge in [-0.1, -0.05) is 36.2 Å². The number of rotatable bonds is 3. The van der Waals surface area contributed by atoms with Crippen molar-refractivity contribution in [2.75, 3.05) is 12.8 Å². The lowest BCUT2D eigenvalue weighted by atomic mass is 10.1. The van der Waals surface area contributed by atoms with Crippen molar-refractivity contribution in [2.45, 2.75) is 31.7 Å². The van der Waals surface area contributed by atoms with Crippen LogP contribution in [0.3, 0.4) is 0 Å². The Bertz CT molecular complexity index is 728. The highest BCUT2D eigenvalue weighted by atomic mass is 32.2. The normalized spacial score (nSPS) is 20.7. The first kappa shape index (κ1) is 15.2. The first-order valence-corrected chi connectivity index (χ1v) is 9.26. The topological polar surface area (TPSA) is 76.3 Å². The van der Waals surface area contributed by atoms with Crippen LogP contribution in [0.15, 0.2) is 34.9 Å². The van der Waals surface area contributed by atoms with Crippen LogP contribution >= 0.6 is 0 Å². The third-order valence-corrected chi connectivity index (χ3v) is 5.18. The van der Waals surface area contributed by atoms with E-state index in [-0.39, 0.29) is 6.04 Å². The zero-order valence-electron chi connectivity index (χ0n) is 12.5. The molecule has 1 aromatic heterocycles. The standard InChI is InChI=1S/C15H19N3O3S/c1-22(19,20)18-11-7-3-6-10-13(18)14-16-15(21-17-14)12-8-4-2-5-9-12/h2,4-5,8-9,13H,3,6-7,10-11H2,1H3. The summed E-state index contributed by atoms with van der Waals surface area (Å²) < 4.78 is 30.9. The predicted molar refractivity (Wildman–Crippen MR) is 82.5 cm³/mol. The number of sulfonamides is 1. The molecule has 0 bridgehead atoms. The highest BCUT2D eigenvalue weighted by Gasteiger charge is 2.32. The second-order valence-corrected chi connectivity index (χ2v) is 7.50. The Kier molecular flexibility index (Phi) is 4.26. The Morgan fingerprint density at radius 2 is 1.95 bits per heavy atom. The number of benzene rings is 1. The largest absolute Gasteiger partial charge is 0.334 e. The molecule has 1 saturated heterocycles. The highest BCUT2D eigenvalue weighted by Crippen LogP contribution is 2.31. The van der Waals surface area contributed by atoms with Gasteiger partial charge in [0, 0.05) is 12.1 Å². The minimum absolute atomic E-state index is 0.335. The summed E-state index contributed by atoms with van der Waals surface area (Å²) in [6, 6.07) is 9.15. The molecule has 0 aliphatic carbocycles. The van der Waals surface area contributed by atoms with E-state index in [1.165, 1.54) is 10.6 Å². The lowest BCUT2D eigenvalue weighted by Crippen LogP contribution is -2.34. The maximum atomic E-state index is 12.0. The van der Waals surface area contributed by atoms with Crippen molar-refractivity contribution in [3.8, 4) is 11.5 Å². The predicted octanol–water partition coefficient (Wildman–Crippen LogP) is 2.61. The summed E-state index contributed by atoms with van der Waals surface area (Å²) in [4.78, 5) is 4.43. The van der Waals surface area contributed by atoms with E-state index in [0.717, 1.165) is 31.2 Å². The fourth-order valence-electron chi connectivity index (χ4n) is 2.80. The molecule has 1 unspecified atom stereocenters. The van der Waals surface area contributed by atoms with Crippen molar-refractivity contribution >= 4 is 10.0 Å². The van der Waals surface area contributed by atoms with Crippen LogP contribution in [0.25, 0.3) is 11.5 Å². The molecule has 0 saturated carbocycles. The summed E-state index contributed by atoms with van der Waals surface area (Å²) in [7, 11) is -3.29. The maximum absolute atomic E-state index is 12.0. The van der Waals surface area contributed by atoms with Gasteiger partial charge in [-0.25, -0.2) is 8.42 Å². The minimum atomic E-state index is -3.29. The van der Waals surface area contributed by atoms with Gasteiger partial charge in [0.2, 0.25) is 10.0 Å². The second-order valence-electron chi connectivity index (χ2n) is 5.56. The Labute approximate surface area is 130 Å². The van der Waals surface area contributed by atoms with E-state index in [1.807, 2.05) is 30.3 Å². The molecule has 22 heavy (non-hydrogen) atoms. The van der Waals surface area contributed by atoms with Crippen molar-refractivity contribution in [1.29, 1.82) is 0 Å². The molecule has 3 rings (SSSR count). The van der Waals surface area contributed by atoms with Gasteiger partial charge in [-0.15, -0.1) is 0 Å². The summed E-state index contributed by atoms with van der Waals surface area (Å²) in [5, 5.41) is 4.03. The molecule has 1 atom stereocenters. The van der Waals surface area contributed by atoms with Gasteiger partial charge in [-0.3, -0.25) is 0 Å². The molecular formula is C15H19N3O3S. The molecule has 0 spiro atoms. The van der Waals surface area contributed by atoms with Gasteiger partial charge in [-0.2, -0.15) is 9.29 Å². The molecule has 0 N–H and O–H groups in total. The van der Waals surface area contributed by atoms with Crippen molar-refractivity contribution in [1.82, 2.24) is 14.4 Å². The Hall–Kier alpha value is -1.73. The molecule has 1 aliphatic rings. The van der Waals surface area contributed by atoms with Crippen LogP contribution in [-0.4, -0.2) is 35.7 Å². The van der Waals surface area contributed by atoms with Gasteiger partial charge in [0.15, 0.2) is 5.82 Å². The molecule has 2 aromatic rings. The molecule has 1 aromatic carbocycles. The van der Waals surface area contributed by atoms with E-state index in [0.29, 0.717) is 18.3 Å². The summed E-state index contributed by atoms with van der Waals surface area (Å²) >= 11 is 0. The Morgan fingerprint density at radius 1 is 1.18 bits per heavy atom. The third kappa shape index (κ3) is 3.20. The molecule has 7 heteroatoms. The molecular weight excluding hydrogens is 302 g/mol. The second kappa shape index (κ2) is 6.18. The van der Waals surface area contributed by atoms with Crippen LogP contribution < -0.4 is 0 Å².